The number of hydrogen-bond donors (Lipinski definition) is 1. The van der Waals surface area contributed by atoms with Crippen LogP contribution in [0.5, 0.6) is 0 Å². The molecule has 0 aliphatic heterocycles. The highest BCUT2D eigenvalue weighted by atomic mass is 32.2. The number of hydrogen-bond acceptors (Lipinski definition) is 3. The molecule has 2 aromatic carbocycles. The van der Waals surface area contributed by atoms with E-state index in [0.29, 0.717) is 11.3 Å². The molecule has 1 N–H and O–H groups in total. The Hall–Kier alpha value is -2.34. The monoisotopic (exact) mass is 402 g/mol. The molecule has 6 heteroatoms. The van der Waals surface area contributed by atoms with Gasteiger partial charge in [0.25, 0.3) is 5.91 Å². The van der Waals surface area contributed by atoms with Crippen LogP contribution < -0.4 is 9.62 Å². The Bertz CT molecular complexity index is 921. The minimum atomic E-state index is -3.45. The van der Waals surface area contributed by atoms with Crippen LogP contribution in [0.4, 0.5) is 5.69 Å². The van der Waals surface area contributed by atoms with E-state index in [9.17, 15) is 13.2 Å². The molecule has 0 bridgehead atoms. The van der Waals surface area contributed by atoms with Crippen LogP contribution in [0.1, 0.15) is 53.7 Å². The van der Waals surface area contributed by atoms with Crippen LogP contribution in [-0.4, -0.2) is 26.6 Å². The number of nitrogens with zero attached hydrogens (tertiary/aromatic N) is 1. The van der Waals surface area contributed by atoms with Gasteiger partial charge in [-0.25, -0.2) is 8.42 Å². The minimum absolute atomic E-state index is 0.109. The summed E-state index contributed by atoms with van der Waals surface area (Å²) >= 11 is 0. The molecule has 0 radical (unpaired) electrons. The number of rotatable bonds is 8. The lowest BCUT2D eigenvalue weighted by atomic mass is 10.1. The van der Waals surface area contributed by atoms with E-state index in [-0.39, 0.29) is 18.5 Å². The molecule has 1 amide bonds. The molecular formula is C22H30N2O3S. The van der Waals surface area contributed by atoms with Crippen molar-refractivity contribution in [2.75, 3.05) is 10.6 Å². The molecule has 0 aromatic heterocycles. The zero-order valence-electron chi connectivity index (χ0n) is 17.3. The number of aryl methyl sites for hydroxylation is 2. The zero-order chi connectivity index (χ0) is 20.9. The Balaban J connectivity index is 2.22. The largest absolute Gasteiger partial charge is 0.350 e. The van der Waals surface area contributed by atoms with Gasteiger partial charge in [0.05, 0.1) is 18.5 Å². The first-order chi connectivity index (χ1) is 13.1. The van der Waals surface area contributed by atoms with Gasteiger partial charge < -0.3 is 5.32 Å². The van der Waals surface area contributed by atoms with E-state index in [0.717, 1.165) is 29.5 Å². The number of benzene rings is 2. The summed E-state index contributed by atoms with van der Waals surface area (Å²) in [6.45, 7) is 8.14. The number of carbonyl (C=O) groups excluding carboxylic acids is 1. The topological polar surface area (TPSA) is 66.5 Å². The van der Waals surface area contributed by atoms with E-state index in [1.54, 1.807) is 12.1 Å². The lowest BCUT2D eigenvalue weighted by Gasteiger charge is -2.25. The minimum Gasteiger partial charge on any atom is -0.350 e. The molecule has 152 valence electrons. The third-order valence-corrected chi connectivity index (χ3v) is 5.80. The lowest BCUT2D eigenvalue weighted by Crippen LogP contribution is -2.32. The molecule has 5 nitrogen and oxygen atoms in total. The highest BCUT2D eigenvalue weighted by Gasteiger charge is 2.20. The van der Waals surface area contributed by atoms with Crippen molar-refractivity contribution < 1.29 is 13.2 Å². The fraction of sp³-hybridized carbons (Fsp3) is 0.409. The van der Waals surface area contributed by atoms with Gasteiger partial charge in [-0.15, -0.1) is 0 Å². The summed E-state index contributed by atoms with van der Waals surface area (Å²) < 4.78 is 26.2. The number of anilines is 1. The Labute approximate surface area is 168 Å². The molecule has 0 unspecified atom stereocenters. The van der Waals surface area contributed by atoms with Crippen molar-refractivity contribution in [1.82, 2.24) is 5.32 Å². The first kappa shape index (κ1) is 22.0. The van der Waals surface area contributed by atoms with Crippen LogP contribution in [0.25, 0.3) is 0 Å². The highest BCUT2D eigenvalue weighted by molar-refractivity contribution is 7.92. The standard InChI is InChI=1S/C22H30N2O3S/c1-6-7-18(4)23-22(25)20-12-10-19(11-13-20)15-24(28(5,26)27)21-14-16(2)8-9-17(21)3/h8-14,18H,6-7,15H2,1-5H3,(H,23,25)/t18-/m0/s1. The summed E-state index contributed by atoms with van der Waals surface area (Å²) in [6, 6.07) is 13.0. The van der Waals surface area contributed by atoms with Crippen molar-refractivity contribution in [3.05, 3.63) is 64.7 Å². The summed E-state index contributed by atoms with van der Waals surface area (Å²) in [5.41, 5.74) is 3.98. The average molecular weight is 403 g/mol. The molecule has 0 spiro atoms. The third-order valence-electron chi connectivity index (χ3n) is 4.68. The second-order valence-electron chi connectivity index (χ2n) is 7.42. The molecular weight excluding hydrogens is 372 g/mol. The Morgan fingerprint density at radius 2 is 1.75 bits per heavy atom. The molecule has 0 saturated heterocycles. The second-order valence-corrected chi connectivity index (χ2v) is 9.33. The molecule has 1 atom stereocenters. The van der Waals surface area contributed by atoms with Gasteiger partial charge in [-0.2, -0.15) is 0 Å². The fourth-order valence-electron chi connectivity index (χ4n) is 3.11. The maximum Gasteiger partial charge on any atom is 0.251 e. The summed E-state index contributed by atoms with van der Waals surface area (Å²) in [5, 5.41) is 2.98. The van der Waals surface area contributed by atoms with Crippen LogP contribution >= 0.6 is 0 Å². The van der Waals surface area contributed by atoms with Crippen LogP contribution in [0.2, 0.25) is 0 Å². The lowest BCUT2D eigenvalue weighted by molar-refractivity contribution is 0.0938. The smallest absolute Gasteiger partial charge is 0.251 e. The summed E-state index contributed by atoms with van der Waals surface area (Å²) in [6.07, 6.45) is 3.16. The van der Waals surface area contributed by atoms with Gasteiger partial charge in [0, 0.05) is 11.6 Å². The quantitative estimate of drug-likeness (QED) is 0.720. The summed E-state index contributed by atoms with van der Waals surface area (Å²) in [5.74, 6) is -0.109. The molecule has 28 heavy (non-hydrogen) atoms. The van der Waals surface area contributed by atoms with Crippen molar-refractivity contribution in [2.24, 2.45) is 0 Å². The Kier molecular flexibility index (Phi) is 7.24. The fourth-order valence-corrected chi connectivity index (χ4v) is 4.05. The van der Waals surface area contributed by atoms with Gasteiger partial charge in [-0.05, 0) is 62.1 Å². The van der Waals surface area contributed by atoms with Crippen molar-refractivity contribution in [3.63, 3.8) is 0 Å². The van der Waals surface area contributed by atoms with E-state index >= 15 is 0 Å². The number of carbonyl (C=O) groups is 1. The van der Waals surface area contributed by atoms with E-state index in [4.69, 9.17) is 0 Å². The maximum atomic E-state index is 12.4. The van der Waals surface area contributed by atoms with Crippen LogP contribution in [0.3, 0.4) is 0 Å². The van der Waals surface area contributed by atoms with Crippen molar-refractivity contribution in [1.29, 1.82) is 0 Å². The number of amides is 1. The predicted octanol–water partition coefficient (Wildman–Crippen LogP) is 4.19. The van der Waals surface area contributed by atoms with Crippen molar-refractivity contribution >= 4 is 21.6 Å². The molecule has 2 aromatic rings. The Morgan fingerprint density at radius 3 is 2.32 bits per heavy atom. The number of nitrogens with one attached hydrogen (secondary N) is 1. The van der Waals surface area contributed by atoms with Gasteiger partial charge in [-0.3, -0.25) is 9.10 Å². The Morgan fingerprint density at radius 1 is 1.11 bits per heavy atom. The molecule has 0 saturated carbocycles. The number of sulfonamides is 1. The van der Waals surface area contributed by atoms with E-state index in [1.807, 2.05) is 51.1 Å². The third kappa shape index (κ3) is 5.83. The van der Waals surface area contributed by atoms with Gasteiger partial charge in [0.2, 0.25) is 10.0 Å². The molecule has 0 fully saturated rings. The summed E-state index contributed by atoms with van der Waals surface area (Å²) in [7, 11) is -3.45. The van der Waals surface area contributed by atoms with Gasteiger partial charge in [0.1, 0.15) is 0 Å². The first-order valence-electron chi connectivity index (χ1n) is 9.56. The first-order valence-corrected chi connectivity index (χ1v) is 11.4. The predicted molar refractivity (Wildman–Crippen MR) is 115 cm³/mol. The van der Waals surface area contributed by atoms with Crippen molar-refractivity contribution in [3.8, 4) is 0 Å². The van der Waals surface area contributed by atoms with E-state index in [1.165, 1.54) is 10.6 Å². The molecule has 2 rings (SSSR count). The molecule has 0 heterocycles. The maximum absolute atomic E-state index is 12.4. The summed E-state index contributed by atoms with van der Waals surface area (Å²) in [4.78, 5) is 12.3. The normalized spacial score (nSPS) is 12.5. The van der Waals surface area contributed by atoms with Crippen LogP contribution in [0.15, 0.2) is 42.5 Å². The zero-order valence-corrected chi connectivity index (χ0v) is 18.1. The highest BCUT2D eigenvalue weighted by Crippen LogP contribution is 2.26. The SMILES string of the molecule is CCC[C@H](C)NC(=O)c1ccc(CN(c2cc(C)ccc2C)S(C)(=O)=O)cc1. The van der Waals surface area contributed by atoms with Gasteiger partial charge in [-0.1, -0.05) is 37.6 Å². The molecule has 0 aliphatic rings. The van der Waals surface area contributed by atoms with Crippen LogP contribution in [-0.2, 0) is 16.6 Å². The molecule has 0 aliphatic carbocycles. The van der Waals surface area contributed by atoms with Crippen molar-refractivity contribution in [2.45, 2.75) is 53.1 Å². The van der Waals surface area contributed by atoms with E-state index < -0.39 is 10.0 Å². The van der Waals surface area contributed by atoms with Gasteiger partial charge >= 0.3 is 0 Å². The second kappa shape index (κ2) is 9.24. The van der Waals surface area contributed by atoms with E-state index in [2.05, 4.69) is 12.2 Å². The van der Waals surface area contributed by atoms with Crippen LogP contribution in [0, 0.1) is 13.8 Å². The van der Waals surface area contributed by atoms with Gasteiger partial charge in [0.15, 0.2) is 0 Å². The average Bonchev–Trinajstić information content (AvgIpc) is 2.61.